The first-order valence-electron chi connectivity index (χ1n) is 6.42. The second-order valence-electron chi connectivity index (χ2n) is 5.03. The number of hydrogen-bond donors (Lipinski definition) is 2. The van der Waals surface area contributed by atoms with Crippen molar-refractivity contribution >= 4 is 44.2 Å². The van der Waals surface area contributed by atoms with Gasteiger partial charge in [0.15, 0.2) is 5.13 Å². The van der Waals surface area contributed by atoms with E-state index in [1.54, 1.807) is 0 Å². The van der Waals surface area contributed by atoms with Crippen molar-refractivity contribution in [3.8, 4) is 0 Å². The molecule has 0 aliphatic rings. The predicted molar refractivity (Wildman–Crippen MR) is 82.0 cm³/mol. The molecule has 2 rings (SSSR count). The largest absolute Gasteiger partial charge is 0.326 e. The van der Waals surface area contributed by atoms with Gasteiger partial charge in [-0.25, -0.2) is 4.98 Å². The van der Waals surface area contributed by atoms with E-state index >= 15 is 0 Å². The Hall–Kier alpha value is -1.95. The Balaban J connectivity index is 2.16. The molecule has 0 radical (unpaired) electrons. The summed E-state index contributed by atoms with van der Waals surface area (Å²) in [6, 6.07) is 5.52. The molecule has 1 heterocycles. The molecule has 2 amide bonds. The molecule has 1 aromatic carbocycles. The summed E-state index contributed by atoms with van der Waals surface area (Å²) in [6.45, 7) is 5.46. The number of rotatable bonds is 4. The fourth-order valence-corrected chi connectivity index (χ4v) is 2.74. The number of thiazole rings is 1. The van der Waals surface area contributed by atoms with Crippen LogP contribution in [-0.4, -0.2) is 16.8 Å². The van der Waals surface area contributed by atoms with Gasteiger partial charge in [-0.1, -0.05) is 25.2 Å². The normalized spacial score (nSPS) is 10.8. The minimum atomic E-state index is -0.144. The minimum Gasteiger partial charge on any atom is -0.326 e. The summed E-state index contributed by atoms with van der Waals surface area (Å²) < 4.78 is 0.927. The van der Waals surface area contributed by atoms with E-state index in [-0.39, 0.29) is 11.8 Å². The van der Waals surface area contributed by atoms with E-state index in [9.17, 15) is 9.59 Å². The number of aromatic nitrogens is 1. The van der Waals surface area contributed by atoms with Crippen LogP contribution in [0.3, 0.4) is 0 Å². The summed E-state index contributed by atoms with van der Waals surface area (Å²) in [4.78, 5) is 27.0. The Bertz CT molecular complexity index is 649. The topological polar surface area (TPSA) is 71.1 Å². The number of carbonyl (C=O) groups excluding carboxylic acids is 2. The third-order valence-electron chi connectivity index (χ3n) is 2.55. The molecule has 0 bridgehead atoms. The molecule has 2 aromatic rings. The van der Waals surface area contributed by atoms with Crippen LogP contribution in [0, 0.1) is 5.92 Å². The van der Waals surface area contributed by atoms with Crippen LogP contribution in [0.5, 0.6) is 0 Å². The standard InChI is InChI=1S/C14H17N3O2S/c1-8(2)6-13(19)16-10-4-5-11-12(7-10)20-14(17-11)15-9(3)18/h4-5,7-8H,6H2,1-3H3,(H,16,19)(H,15,17,18). The monoisotopic (exact) mass is 291 g/mol. The van der Waals surface area contributed by atoms with Crippen molar-refractivity contribution in [2.45, 2.75) is 27.2 Å². The SMILES string of the molecule is CC(=O)Nc1nc2ccc(NC(=O)CC(C)C)cc2s1. The molecule has 0 unspecified atom stereocenters. The van der Waals surface area contributed by atoms with Gasteiger partial charge in [-0.15, -0.1) is 0 Å². The fraction of sp³-hybridized carbons (Fsp3) is 0.357. The van der Waals surface area contributed by atoms with Crippen LogP contribution in [0.2, 0.25) is 0 Å². The van der Waals surface area contributed by atoms with Gasteiger partial charge in [0, 0.05) is 19.0 Å². The van der Waals surface area contributed by atoms with Gasteiger partial charge in [0.05, 0.1) is 10.2 Å². The first-order valence-corrected chi connectivity index (χ1v) is 7.23. The van der Waals surface area contributed by atoms with Crippen molar-refractivity contribution in [1.82, 2.24) is 4.98 Å². The molecule has 6 heteroatoms. The van der Waals surface area contributed by atoms with Crippen LogP contribution in [0.25, 0.3) is 10.2 Å². The van der Waals surface area contributed by atoms with Gasteiger partial charge in [0.25, 0.3) is 0 Å². The molecule has 0 aliphatic heterocycles. The molecule has 5 nitrogen and oxygen atoms in total. The smallest absolute Gasteiger partial charge is 0.224 e. The maximum absolute atomic E-state index is 11.7. The summed E-state index contributed by atoms with van der Waals surface area (Å²) in [5, 5.41) is 6.10. The lowest BCUT2D eigenvalue weighted by molar-refractivity contribution is -0.117. The lowest BCUT2D eigenvalue weighted by Gasteiger charge is -2.06. The number of carbonyl (C=O) groups is 2. The zero-order chi connectivity index (χ0) is 14.7. The molecular formula is C14H17N3O2S. The molecule has 0 aliphatic carbocycles. The minimum absolute atomic E-state index is 0.00551. The molecule has 0 saturated carbocycles. The first kappa shape index (κ1) is 14.5. The van der Waals surface area contributed by atoms with Crippen LogP contribution in [0.4, 0.5) is 10.8 Å². The Morgan fingerprint density at radius 2 is 2.05 bits per heavy atom. The number of fused-ring (bicyclic) bond motifs is 1. The molecule has 1 aromatic heterocycles. The highest BCUT2D eigenvalue weighted by atomic mass is 32.1. The van der Waals surface area contributed by atoms with Crippen molar-refractivity contribution in [2.24, 2.45) is 5.92 Å². The van der Waals surface area contributed by atoms with E-state index in [2.05, 4.69) is 15.6 Å². The van der Waals surface area contributed by atoms with Crippen LogP contribution in [0.1, 0.15) is 27.2 Å². The van der Waals surface area contributed by atoms with E-state index in [1.165, 1.54) is 18.3 Å². The zero-order valence-electron chi connectivity index (χ0n) is 11.7. The van der Waals surface area contributed by atoms with Crippen molar-refractivity contribution in [3.63, 3.8) is 0 Å². The number of anilines is 2. The first-order chi connectivity index (χ1) is 9.44. The number of nitrogens with zero attached hydrogens (tertiary/aromatic N) is 1. The van der Waals surface area contributed by atoms with Crippen molar-refractivity contribution in [3.05, 3.63) is 18.2 Å². The summed E-state index contributed by atoms with van der Waals surface area (Å²) in [7, 11) is 0. The Morgan fingerprint density at radius 1 is 1.30 bits per heavy atom. The molecule has 20 heavy (non-hydrogen) atoms. The lowest BCUT2D eigenvalue weighted by Crippen LogP contribution is -2.13. The lowest BCUT2D eigenvalue weighted by atomic mass is 10.1. The summed E-state index contributed by atoms with van der Waals surface area (Å²) in [6.07, 6.45) is 0.498. The maximum Gasteiger partial charge on any atom is 0.224 e. The number of benzene rings is 1. The summed E-state index contributed by atoms with van der Waals surface area (Å²) in [5.74, 6) is 0.189. The van der Waals surface area contributed by atoms with Crippen LogP contribution >= 0.6 is 11.3 Å². The predicted octanol–water partition coefficient (Wildman–Crippen LogP) is 3.24. The Labute approximate surface area is 121 Å². The van der Waals surface area contributed by atoms with Crippen LogP contribution < -0.4 is 10.6 Å². The number of nitrogens with one attached hydrogen (secondary N) is 2. The van der Waals surface area contributed by atoms with Gasteiger partial charge in [0.1, 0.15) is 0 Å². The average Bonchev–Trinajstić information content (AvgIpc) is 2.67. The Morgan fingerprint density at radius 3 is 2.70 bits per heavy atom. The van der Waals surface area contributed by atoms with Crippen molar-refractivity contribution in [2.75, 3.05) is 10.6 Å². The number of amides is 2. The van der Waals surface area contributed by atoms with E-state index < -0.39 is 0 Å². The third kappa shape index (κ3) is 3.77. The van der Waals surface area contributed by atoms with E-state index in [4.69, 9.17) is 0 Å². The fourth-order valence-electron chi connectivity index (χ4n) is 1.79. The van der Waals surface area contributed by atoms with Gasteiger partial charge in [-0.3, -0.25) is 9.59 Å². The maximum atomic E-state index is 11.7. The zero-order valence-corrected chi connectivity index (χ0v) is 12.5. The van der Waals surface area contributed by atoms with E-state index in [0.717, 1.165) is 15.9 Å². The molecule has 106 valence electrons. The van der Waals surface area contributed by atoms with Crippen molar-refractivity contribution < 1.29 is 9.59 Å². The molecule has 0 saturated heterocycles. The highest BCUT2D eigenvalue weighted by molar-refractivity contribution is 7.22. The summed E-state index contributed by atoms with van der Waals surface area (Å²) >= 11 is 1.39. The van der Waals surface area contributed by atoms with Crippen LogP contribution in [0.15, 0.2) is 18.2 Å². The van der Waals surface area contributed by atoms with Gasteiger partial charge >= 0.3 is 0 Å². The second-order valence-corrected chi connectivity index (χ2v) is 6.06. The molecule has 0 spiro atoms. The van der Waals surface area contributed by atoms with E-state index in [0.29, 0.717) is 17.5 Å². The molecule has 0 atom stereocenters. The van der Waals surface area contributed by atoms with Crippen molar-refractivity contribution in [1.29, 1.82) is 0 Å². The average molecular weight is 291 g/mol. The molecular weight excluding hydrogens is 274 g/mol. The van der Waals surface area contributed by atoms with Gasteiger partial charge in [-0.2, -0.15) is 0 Å². The molecule has 2 N–H and O–H groups in total. The number of hydrogen-bond acceptors (Lipinski definition) is 4. The van der Waals surface area contributed by atoms with E-state index in [1.807, 2.05) is 32.0 Å². The Kier molecular flexibility index (Phi) is 4.34. The second kappa shape index (κ2) is 6.00. The van der Waals surface area contributed by atoms with Crippen LogP contribution in [-0.2, 0) is 9.59 Å². The summed E-state index contributed by atoms with van der Waals surface area (Å²) in [5.41, 5.74) is 1.56. The highest BCUT2D eigenvalue weighted by Crippen LogP contribution is 2.28. The van der Waals surface area contributed by atoms with Gasteiger partial charge in [-0.05, 0) is 24.1 Å². The quantitative estimate of drug-likeness (QED) is 0.908. The highest BCUT2D eigenvalue weighted by Gasteiger charge is 2.08. The van der Waals surface area contributed by atoms with Gasteiger partial charge in [0.2, 0.25) is 11.8 Å². The molecule has 0 fully saturated rings. The van der Waals surface area contributed by atoms with Gasteiger partial charge < -0.3 is 10.6 Å². The third-order valence-corrected chi connectivity index (χ3v) is 3.48.